The molecule has 3 aromatic rings. The highest BCUT2D eigenvalue weighted by atomic mass is 16.6. The van der Waals surface area contributed by atoms with Gasteiger partial charge in [-0.15, -0.1) is 0 Å². The number of carbonyl (C=O) groups excluding carboxylic acids is 6. The minimum atomic E-state index is -0.896. The number of hydrogen-bond donors (Lipinski definition) is 2. The SMILES string of the molecule is CO/N=C/c1cc(C[N+]2(CC(=O)C[C@@H](CCc3ccccc3)C(=O)N[C@@H](CC(C)C)C(=O)C[C@@H](Cc3ccccc3)C(=O)N[C@@H](CC(C)C)C(=O)C3(C)CC3)CCOCC2)ccc1OC(=O)C(C)C. The average Bonchev–Trinajstić information content (AvgIpc) is 4.07. The summed E-state index contributed by atoms with van der Waals surface area (Å²) in [5, 5.41) is 10.1. The van der Waals surface area contributed by atoms with E-state index in [0.29, 0.717) is 74.3 Å². The number of hydrogen-bond acceptors (Lipinski definition) is 10. The lowest BCUT2D eigenvalue weighted by Gasteiger charge is -2.41. The van der Waals surface area contributed by atoms with Gasteiger partial charge in [-0.2, -0.15) is 0 Å². The first-order valence-corrected chi connectivity index (χ1v) is 25.0. The summed E-state index contributed by atoms with van der Waals surface area (Å²) >= 11 is 0. The molecule has 2 N–H and O–H groups in total. The molecular weight excluding hydrogens is 873 g/mol. The fourth-order valence-corrected chi connectivity index (χ4v) is 9.16. The van der Waals surface area contributed by atoms with Crippen molar-refractivity contribution >= 4 is 41.3 Å². The van der Waals surface area contributed by atoms with E-state index < -0.39 is 29.3 Å². The van der Waals surface area contributed by atoms with Crippen molar-refractivity contribution in [3.63, 3.8) is 0 Å². The van der Waals surface area contributed by atoms with Crippen LogP contribution in [-0.2, 0) is 57.7 Å². The van der Waals surface area contributed by atoms with Crippen LogP contribution >= 0.6 is 0 Å². The summed E-state index contributed by atoms with van der Waals surface area (Å²) in [5.74, 6) is -2.69. The van der Waals surface area contributed by atoms with Crippen LogP contribution < -0.4 is 15.4 Å². The molecule has 2 amide bonds. The lowest BCUT2D eigenvalue weighted by Crippen LogP contribution is -2.57. The zero-order chi connectivity index (χ0) is 50.1. The first-order chi connectivity index (χ1) is 32.9. The van der Waals surface area contributed by atoms with Crippen molar-refractivity contribution in [2.75, 3.05) is 40.0 Å². The Hall–Kier alpha value is -5.53. The molecule has 1 saturated heterocycles. The fourth-order valence-electron chi connectivity index (χ4n) is 9.16. The highest BCUT2D eigenvalue weighted by Gasteiger charge is 2.48. The molecule has 0 radical (unpaired) electrons. The lowest BCUT2D eigenvalue weighted by molar-refractivity contribution is -0.940. The molecule has 2 fully saturated rings. The summed E-state index contributed by atoms with van der Waals surface area (Å²) < 4.78 is 11.9. The third kappa shape index (κ3) is 17.1. The van der Waals surface area contributed by atoms with Gasteiger partial charge in [-0.05, 0) is 86.1 Å². The summed E-state index contributed by atoms with van der Waals surface area (Å²) in [4.78, 5) is 89.2. The van der Waals surface area contributed by atoms with Crippen LogP contribution in [0.4, 0.5) is 0 Å². The van der Waals surface area contributed by atoms with E-state index in [9.17, 15) is 28.8 Å². The lowest BCUT2D eigenvalue weighted by atomic mass is 9.87. The van der Waals surface area contributed by atoms with E-state index in [1.54, 1.807) is 19.9 Å². The van der Waals surface area contributed by atoms with Crippen LogP contribution in [0.5, 0.6) is 5.75 Å². The molecule has 1 aliphatic heterocycles. The Balaban J connectivity index is 1.37. The summed E-state index contributed by atoms with van der Waals surface area (Å²) in [6.07, 6.45) is 5.01. The van der Waals surface area contributed by atoms with E-state index in [2.05, 4.69) is 15.8 Å². The highest BCUT2D eigenvalue weighted by molar-refractivity contribution is 5.97. The second kappa shape index (κ2) is 25.9. The van der Waals surface area contributed by atoms with E-state index in [1.165, 1.54) is 13.3 Å². The number of rotatable bonds is 28. The van der Waals surface area contributed by atoms with Crippen LogP contribution in [0, 0.1) is 35.0 Å². The van der Waals surface area contributed by atoms with Gasteiger partial charge in [-0.1, -0.05) is 114 Å². The van der Waals surface area contributed by atoms with Crippen LogP contribution in [0.2, 0.25) is 0 Å². The first kappa shape index (κ1) is 54.4. The van der Waals surface area contributed by atoms with Crippen LogP contribution in [0.3, 0.4) is 0 Å². The Labute approximate surface area is 410 Å². The number of nitrogens with one attached hydrogen (secondary N) is 2. The van der Waals surface area contributed by atoms with Crippen molar-refractivity contribution < 1.29 is 47.6 Å². The Morgan fingerprint density at radius 1 is 0.754 bits per heavy atom. The molecule has 374 valence electrons. The van der Waals surface area contributed by atoms with Gasteiger partial charge in [0.25, 0.3) is 0 Å². The number of oxime groups is 1. The number of quaternary nitrogens is 1. The Kier molecular flexibility index (Phi) is 20.4. The number of amides is 2. The molecule has 4 atom stereocenters. The maximum atomic E-state index is 14.7. The van der Waals surface area contributed by atoms with Gasteiger partial charge in [0.1, 0.15) is 39.0 Å². The quantitative estimate of drug-likeness (QED) is 0.0241. The van der Waals surface area contributed by atoms with Crippen molar-refractivity contribution in [1.29, 1.82) is 0 Å². The standard InChI is InChI=1S/C56H76N4O9/c1-38(2)29-48(50(62)34-45(31-42-17-13-10-14-18-42)54(65)59-49(30-39(3)4)52(63)56(7)23-24-56)58-53(64)44(21-19-41-15-11-9-12-16-41)33-47(61)37-60(25-27-68-28-26-60)36-43-20-22-51(69-55(66)40(5)6)46(32-43)35-57-67-8/h9-18,20,22,32,35,38-40,44-45,48-49H,19,21,23-31,33-34,36-37H2,1-8H3,(H-,58,59,64,65)/p+1/b57-35+/t44-,45-,48+,49+/m1/s1. The van der Waals surface area contributed by atoms with Gasteiger partial charge in [0, 0.05) is 41.2 Å². The molecule has 3 aromatic carbocycles. The predicted octanol–water partition coefficient (Wildman–Crippen LogP) is 8.03. The smallest absolute Gasteiger partial charge is 0.313 e. The molecule has 1 aliphatic carbocycles. The average molecular weight is 950 g/mol. The number of morpholine rings is 1. The predicted molar refractivity (Wildman–Crippen MR) is 267 cm³/mol. The maximum Gasteiger partial charge on any atom is 0.313 e. The van der Waals surface area contributed by atoms with Gasteiger partial charge in [0.2, 0.25) is 11.8 Å². The van der Waals surface area contributed by atoms with Crippen molar-refractivity contribution in [3.05, 3.63) is 101 Å². The van der Waals surface area contributed by atoms with Crippen molar-refractivity contribution in [2.45, 2.75) is 125 Å². The topological polar surface area (TPSA) is 167 Å². The largest absolute Gasteiger partial charge is 0.426 e. The van der Waals surface area contributed by atoms with E-state index in [1.807, 2.05) is 107 Å². The number of aryl methyl sites for hydroxylation is 1. The van der Waals surface area contributed by atoms with E-state index in [0.717, 1.165) is 29.5 Å². The Bertz CT molecular complexity index is 2210. The van der Waals surface area contributed by atoms with Crippen molar-refractivity contribution in [1.82, 2.24) is 10.6 Å². The molecule has 0 bridgehead atoms. The second-order valence-corrected chi connectivity index (χ2v) is 20.9. The molecule has 5 rings (SSSR count). The first-order valence-electron chi connectivity index (χ1n) is 25.0. The zero-order valence-corrected chi connectivity index (χ0v) is 42.3. The minimum Gasteiger partial charge on any atom is -0.426 e. The van der Waals surface area contributed by atoms with Crippen LogP contribution in [-0.4, -0.2) is 97.9 Å². The normalized spacial score (nSPS) is 16.9. The second-order valence-electron chi connectivity index (χ2n) is 20.9. The molecule has 1 heterocycles. The third-order valence-corrected chi connectivity index (χ3v) is 13.5. The van der Waals surface area contributed by atoms with Crippen molar-refractivity contribution in [2.24, 2.45) is 40.2 Å². The van der Waals surface area contributed by atoms with Crippen LogP contribution in [0.15, 0.2) is 84.0 Å². The molecule has 0 aromatic heterocycles. The maximum absolute atomic E-state index is 14.7. The van der Waals surface area contributed by atoms with Crippen LogP contribution in [0.1, 0.15) is 116 Å². The number of ether oxygens (including phenoxy) is 2. The molecule has 69 heavy (non-hydrogen) atoms. The molecule has 0 spiro atoms. The summed E-state index contributed by atoms with van der Waals surface area (Å²) in [6.45, 7) is 16.2. The monoisotopic (exact) mass is 950 g/mol. The third-order valence-electron chi connectivity index (χ3n) is 13.5. The summed E-state index contributed by atoms with van der Waals surface area (Å²) in [7, 11) is 1.43. The summed E-state index contributed by atoms with van der Waals surface area (Å²) in [6, 6.07) is 23.3. The van der Waals surface area contributed by atoms with Gasteiger partial charge in [-0.3, -0.25) is 28.8 Å². The van der Waals surface area contributed by atoms with E-state index >= 15 is 0 Å². The van der Waals surface area contributed by atoms with Crippen LogP contribution in [0.25, 0.3) is 0 Å². The Morgan fingerprint density at radius 2 is 1.35 bits per heavy atom. The molecule has 2 aliphatic rings. The Morgan fingerprint density at radius 3 is 1.94 bits per heavy atom. The number of benzene rings is 3. The molecule has 1 saturated carbocycles. The minimum absolute atomic E-state index is 0.0266. The van der Waals surface area contributed by atoms with E-state index in [-0.39, 0.29) is 78.7 Å². The van der Waals surface area contributed by atoms with E-state index in [4.69, 9.17) is 14.3 Å². The number of esters is 1. The van der Waals surface area contributed by atoms with Gasteiger partial charge in [0.05, 0.1) is 37.4 Å². The molecule has 13 heteroatoms. The molecule has 0 unspecified atom stereocenters. The zero-order valence-electron chi connectivity index (χ0n) is 42.3. The van der Waals surface area contributed by atoms with Crippen molar-refractivity contribution in [3.8, 4) is 5.75 Å². The number of nitrogens with zero attached hydrogens (tertiary/aromatic N) is 2. The molecule has 13 nitrogen and oxygen atoms in total. The highest BCUT2D eigenvalue weighted by Crippen LogP contribution is 2.47. The fraction of sp³-hybridized carbons (Fsp3) is 0.554. The summed E-state index contributed by atoms with van der Waals surface area (Å²) in [5.41, 5.74) is 2.95. The number of Topliss-reactive ketones (excluding diaryl/α,β-unsaturated/α-hetero) is 3. The van der Waals surface area contributed by atoms with Gasteiger partial charge in [-0.25, -0.2) is 0 Å². The van der Waals surface area contributed by atoms with Gasteiger partial charge >= 0.3 is 5.97 Å². The van der Waals surface area contributed by atoms with Gasteiger partial charge in [0.15, 0.2) is 17.3 Å². The van der Waals surface area contributed by atoms with Gasteiger partial charge < -0.3 is 29.4 Å². The number of carbonyl (C=O) groups is 6. The molecular formula is C56H77N4O9+. The number of ketones is 3.